The topological polar surface area (TPSA) is 66.5 Å². The molecular formula is C19H22N2O3S. The van der Waals surface area contributed by atoms with E-state index in [-0.39, 0.29) is 16.8 Å². The van der Waals surface area contributed by atoms with Crippen molar-refractivity contribution in [1.82, 2.24) is 4.72 Å². The predicted octanol–water partition coefficient (Wildman–Crippen LogP) is 2.51. The average molecular weight is 358 g/mol. The second-order valence-electron chi connectivity index (χ2n) is 6.37. The third-order valence-electron chi connectivity index (χ3n) is 4.46. The Hall–Kier alpha value is -2.18. The van der Waals surface area contributed by atoms with E-state index in [0.717, 1.165) is 16.8 Å². The largest absolute Gasteiger partial charge is 0.309 e. The lowest BCUT2D eigenvalue weighted by Crippen LogP contribution is -2.33. The Balaban J connectivity index is 1.73. The van der Waals surface area contributed by atoms with Gasteiger partial charge in [-0.25, -0.2) is 13.1 Å². The number of benzene rings is 2. The molecule has 0 saturated heterocycles. The van der Waals surface area contributed by atoms with Gasteiger partial charge in [0.2, 0.25) is 15.9 Å². The van der Waals surface area contributed by atoms with Crippen molar-refractivity contribution in [2.45, 2.75) is 37.6 Å². The summed E-state index contributed by atoms with van der Waals surface area (Å²) in [6, 6.07) is 14.8. The summed E-state index contributed by atoms with van der Waals surface area (Å²) in [5, 5.41) is 0. The molecule has 1 heterocycles. The highest BCUT2D eigenvalue weighted by atomic mass is 32.2. The Morgan fingerprint density at radius 3 is 2.60 bits per heavy atom. The molecular weight excluding hydrogens is 336 g/mol. The first kappa shape index (κ1) is 17.6. The average Bonchev–Trinajstić information content (AvgIpc) is 2.90. The summed E-state index contributed by atoms with van der Waals surface area (Å²) >= 11 is 0. The Bertz CT molecular complexity index is 879. The SMILES string of the molecule is CC(=O)N1c2ccc(S(=O)(=O)NCCc3ccccc3)cc2C[C@@H]1C. The predicted molar refractivity (Wildman–Crippen MR) is 98.1 cm³/mol. The molecule has 0 radical (unpaired) electrons. The van der Waals surface area contributed by atoms with Crippen molar-refractivity contribution in [3.05, 3.63) is 59.7 Å². The number of carbonyl (C=O) groups is 1. The molecule has 0 aliphatic carbocycles. The molecule has 2 aromatic rings. The molecule has 5 nitrogen and oxygen atoms in total. The third kappa shape index (κ3) is 3.75. The maximum atomic E-state index is 12.5. The first-order valence-electron chi connectivity index (χ1n) is 8.35. The van der Waals surface area contributed by atoms with Crippen LogP contribution in [0.4, 0.5) is 5.69 Å². The molecule has 1 amide bonds. The fourth-order valence-corrected chi connectivity index (χ4v) is 4.39. The maximum absolute atomic E-state index is 12.5. The third-order valence-corrected chi connectivity index (χ3v) is 5.92. The van der Waals surface area contributed by atoms with Gasteiger partial charge in [0.05, 0.1) is 4.90 Å². The summed E-state index contributed by atoms with van der Waals surface area (Å²) < 4.78 is 27.7. The van der Waals surface area contributed by atoms with Crippen molar-refractivity contribution in [1.29, 1.82) is 0 Å². The van der Waals surface area contributed by atoms with E-state index in [1.807, 2.05) is 37.3 Å². The number of fused-ring (bicyclic) bond motifs is 1. The van der Waals surface area contributed by atoms with Gasteiger partial charge in [0.15, 0.2) is 0 Å². The van der Waals surface area contributed by atoms with Gasteiger partial charge < -0.3 is 4.90 Å². The summed E-state index contributed by atoms with van der Waals surface area (Å²) in [4.78, 5) is 13.7. The lowest BCUT2D eigenvalue weighted by atomic mass is 10.1. The van der Waals surface area contributed by atoms with Crippen LogP contribution in [0.25, 0.3) is 0 Å². The van der Waals surface area contributed by atoms with Gasteiger partial charge in [-0.2, -0.15) is 0 Å². The fourth-order valence-electron chi connectivity index (χ4n) is 3.31. The zero-order valence-electron chi connectivity index (χ0n) is 14.4. The van der Waals surface area contributed by atoms with E-state index in [4.69, 9.17) is 0 Å². The molecule has 0 aromatic heterocycles. The second-order valence-corrected chi connectivity index (χ2v) is 8.13. The lowest BCUT2D eigenvalue weighted by molar-refractivity contribution is -0.116. The Kier molecular flexibility index (Phi) is 4.92. The normalized spacial score (nSPS) is 16.7. The van der Waals surface area contributed by atoms with Gasteiger partial charge >= 0.3 is 0 Å². The molecule has 6 heteroatoms. The lowest BCUT2D eigenvalue weighted by Gasteiger charge is -2.20. The Morgan fingerprint density at radius 2 is 1.92 bits per heavy atom. The quantitative estimate of drug-likeness (QED) is 0.893. The van der Waals surface area contributed by atoms with Gasteiger partial charge in [-0.15, -0.1) is 0 Å². The highest BCUT2D eigenvalue weighted by Gasteiger charge is 2.30. The number of nitrogens with zero attached hydrogens (tertiary/aromatic N) is 1. The van der Waals surface area contributed by atoms with Crippen LogP contribution < -0.4 is 9.62 Å². The summed E-state index contributed by atoms with van der Waals surface area (Å²) in [5.41, 5.74) is 2.79. The van der Waals surface area contributed by atoms with Crippen molar-refractivity contribution in [3.8, 4) is 0 Å². The van der Waals surface area contributed by atoms with Crippen LogP contribution in [-0.2, 0) is 27.7 Å². The molecule has 0 saturated carbocycles. The number of hydrogen-bond acceptors (Lipinski definition) is 3. The maximum Gasteiger partial charge on any atom is 0.240 e. The number of anilines is 1. The van der Waals surface area contributed by atoms with Gasteiger partial charge in [0.1, 0.15) is 0 Å². The van der Waals surface area contributed by atoms with Gasteiger partial charge in [0.25, 0.3) is 0 Å². The van der Waals surface area contributed by atoms with Crippen molar-refractivity contribution >= 4 is 21.6 Å². The van der Waals surface area contributed by atoms with Crippen LogP contribution in [0.3, 0.4) is 0 Å². The van der Waals surface area contributed by atoms with Crippen LogP contribution in [0.15, 0.2) is 53.4 Å². The van der Waals surface area contributed by atoms with Crippen LogP contribution in [0.5, 0.6) is 0 Å². The van der Waals surface area contributed by atoms with Crippen LogP contribution in [-0.4, -0.2) is 26.9 Å². The van der Waals surface area contributed by atoms with Crippen molar-refractivity contribution in [2.24, 2.45) is 0 Å². The molecule has 1 atom stereocenters. The van der Waals surface area contributed by atoms with Crippen LogP contribution in [0.1, 0.15) is 25.0 Å². The smallest absolute Gasteiger partial charge is 0.240 e. The Labute approximate surface area is 148 Å². The van der Waals surface area contributed by atoms with Gasteiger partial charge in [-0.05, 0) is 49.1 Å². The first-order valence-corrected chi connectivity index (χ1v) is 9.83. The van der Waals surface area contributed by atoms with Crippen molar-refractivity contribution < 1.29 is 13.2 Å². The molecule has 1 N–H and O–H groups in total. The molecule has 0 fully saturated rings. The van der Waals surface area contributed by atoms with Gasteiger partial charge in [-0.1, -0.05) is 30.3 Å². The standard InChI is InChI=1S/C19H22N2O3S/c1-14-12-17-13-18(8-9-19(17)21(14)15(2)22)25(23,24)20-11-10-16-6-4-3-5-7-16/h3-9,13-14,20H,10-12H2,1-2H3/t14-/m0/s1. The number of amides is 1. The minimum atomic E-state index is -3.56. The number of sulfonamides is 1. The first-order chi connectivity index (χ1) is 11.9. The fraction of sp³-hybridized carbons (Fsp3) is 0.316. The monoisotopic (exact) mass is 358 g/mol. The van der Waals surface area contributed by atoms with Crippen LogP contribution >= 0.6 is 0 Å². The van der Waals surface area contributed by atoms with E-state index >= 15 is 0 Å². The molecule has 25 heavy (non-hydrogen) atoms. The van der Waals surface area contributed by atoms with Crippen molar-refractivity contribution in [3.63, 3.8) is 0 Å². The highest BCUT2D eigenvalue weighted by molar-refractivity contribution is 7.89. The van der Waals surface area contributed by atoms with Crippen molar-refractivity contribution in [2.75, 3.05) is 11.4 Å². The molecule has 0 unspecified atom stereocenters. The number of carbonyl (C=O) groups excluding carboxylic acids is 1. The van der Waals surface area contributed by atoms with E-state index in [0.29, 0.717) is 19.4 Å². The van der Waals surface area contributed by atoms with Crippen LogP contribution in [0.2, 0.25) is 0 Å². The van der Waals surface area contributed by atoms with Crippen LogP contribution in [0, 0.1) is 0 Å². The Morgan fingerprint density at radius 1 is 1.20 bits per heavy atom. The van der Waals surface area contributed by atoms with E-state index in [1.165, 1.54) is 6.92 Å². The summed E-state index contributed by atoms with van der Waals surface area (Å²) in [5.74, 6) is -0.0251. The zero-order valence-corrected chi connectivity index (χ0v) is 15.2. The van der Waals surface area contributed by atoms with Gasteiger partial charge in [0, 0.05) is 25.2 Å². The molecule has 2 aromatic carbocycles. The summed E-state index contributed by atoms with van der Waals surface area (Å²) in [7, 11) is -3.56. The molecule has 0 spiro atoms. The molecule has 3 rings (SSSR count). The molecule has 1 aliphatic heterocycles. The molecule has 132 valence electrons. The number of nitrogens with one attached hydrogen (secondary N) is 1. The van der Waals surface area contributed by atoms with E-state index in [2.05, 4.69) is 4.72 Å². The van der Waals surface area contributed by atoms with Gasteiger partial charge in [-0.3, -0.25) is 4.79 Å². The van der Waals surface area contributed by atoms with E-state index < -0.39 is 10.0 Å². The number of hydrogen-bond donors (Lipinski definition) is 1. The highest BCUT2D eigenvalue weighted by Crippen LogP contribution is 2.33. The molecule has 1 aliphatic rings. The summed E-state index contributed by atoms with van der Waals surface area (Å²) in [6.07, 6.45) is 1.31. The minimum Gasteiger partial charge on any atom is -0.309 e. The minimum absolute atomic E-state index is 0.0251. The zero-order chi connectivity index (χ0) is 18.0. The van der Waals surface area contributed by atoms with E-state index in [9.17, 15) is 13.2 Å². The second kappa shape index (κ2) is 6.98. The number of rotatable bonds is 5. The summed E-state index contributed by atoms with van der Waals surface area (Å²) in [6.45, 7) is 3.84. The molecule has 0 bridgehead atoms. The van der Waals surface area contributed by atoms with E-state index in [1.54, 1.807) is 23.1 Å².